The molecule has 27 heavy (non-hydrogen) atoms. The number of carboxylic acids is 1. The molecule has 3 aromatic rings. The molecule has 1 amide bonds. The molecule has 0 unspecified atom stereocenters. The molecule has 4 rings (SSSR count). The zero-order chi connectivity index (χ0) is 19.3. The number of pyridine rings is 3. The van der Waals surface area contributed by atoms with Gasteiger partial charge in [-0.25, -0.2) is 14.2 Å². The van der Waals surface area contributed by atoms with Crippen LogP contribution in [0, 0.1) is 5.82 Å². The van der Waals surface area contributed by atoms with Crippen LogP contribution in [-0.4, -0.2) is 31.5 Å². The Morgan fingerprint density at radius 1 is 1.30 bits per heavy atom. The van der Waals surface area contributed by atoms with Crippen molar-refractivity contribution in [3.05, 3.63) is 57.9 Å². The molecule has 1 saturated carbocycles. The first-order valence-corrected chi connectivity index (χ1v) is 8.11. The Morgan fingerprint density at radius 2 is 2.04 bits per heavy atom. The Kier molecular flexibility index (Phi) is 3.72. The van der Waals surface area contributed by atoms with Crippen LogP contribution in [0.5, 0.6) is 0 Å². The Labute approximate surface area is 151 Å². The summed E-state index contributed by atoms with van der Waals surface area (Å²) in [6.45, 7) is 0. The molecular formula is C18H13FN4O4. The van der Waals surface area contributed by atoms with Gasteiger partial charge >= 0.3 is 5.97 Å². The lowest BCUT2D eigenvalue weighted by Gasteiger charge is -2.12. The van der Waals surface area contributed by atoms with Gasteiger partial charge in [-0.2, -0.15) is 0 Å². The number of nitrogens with two attached hydrogens (primary N) is 1. The average molecular weight is 368 g/mol. The minimum Gasteiger partial charge on any atom is -0.477 e. The third-order valence-electron chi connectivity index (χ3n) is 4.41. The normalized spacial score (nSPS) is 13.7. The molecule has 0 aromatic carbocycles. The fourth-order valence-corrected chi connectivity index (χ4v) is 2.95. The van der Waals surface area contributed by atoms with Crippen molar-refractivity contribution in [2.75, 3.05) is 0 Å². The highest BCUT2D eigenvalue weighted by Crippen LogP contribution is 2.37. The lowest BCUT2D eigenvalue weighted by Crippen LogP contribution is -2.20. The van der Waals surface area contributed by atoms with Crippen LogP contribution in [0.4, 0.5) is 4.39 Å². The zero-order valence-corrected chi connectivity index (χ0v) is 13.8. The number of aromatic nitrogens is 3. The molecule has 3 heterocycles. The molecule has 1 fully saturated rings. The van der Waals surface area contributed by atoms with E-state index < -0.39 is 28.7 Å². The molecule has 0 atom stereocenters. The number of aromatic carboxylic acids is 1. The van der Waals surface area contributed by atoms with Gasteiger partial charge in [-0.1, -0.05) is 0 Å². The highest BCUT2D eigenvalue weighted by atomic mass is 19.1. The second-order valence-corrected chi connectivity index (χ2v) is 6.30. The molecule has 136 valence electrons. The van der Waals surface area contributed by atoms with Crippen LogP contribution in [0.15, 0.2) is 35.4 Å². The van der Waals surface area contributed by atoms with Crippen LogP contribution in [0.1, 0.15) is 39.7 Å². The van der Waals surface area contributed by atoms with Crippen molar-refractivity contribution in [1.82, 2.24) is 14.5 Å². The van der Waals surface area contributed by atoms with E-state index in [0.717, 1.165) is 18.9 Å². The van der Waals surface area contributed by atoms with Crippen molar-refractivity contribution in [2.24, 2.45) is 5.73 Å². The smallest absolute Gasteiger partial charge is 0.341 e. The number of hydrogen-bond acceptors (Lipinski definition) is 5. The predicted molar refractivity (Wildman–Crippen MR) is 92.9 cm³/mol. The Morgan fingerprint density at radius 3 is 2.67 bits per heavy atom. The number of carbonyl (C=O) groups is 2. The summed E-state index contributed by atoms with van der Waals surface area (Å²) in [6.07, 6.45) is 4.18. The summed E-state index contributed by atoms with van der Waals surface area (Å²) >= 11 is 0. The van der Waals surface area contributed by atoms with E-state index in [0.29, 0.717) is 0 Å². The number of nitrogens with zero attached hydrogens (tertiary/aromatic N) is 3. The van der Waals surface area contributed by atoms with Gasteiger partial charge in [0.25, 0.3) is 5.91 Å². The topological polar surface area (TPSA) is 128 Å². The van der Waals surface area contributed by atoms with Gasteiger partial charge in [0.05, 0.1) is 5.39 Å². The summed E-state index contributed by atoms with van der Waals surface area (Å²) in [5.41, 5.74) is 4.33. The Balaban J connectivity index is 2.01. The molecule has 0 saturated heterocycles. The van der Waals surface area contributed by atoms with Gasteiger partial charge in [0.1, 0.15) is 28.4 Å². The van der Waals surface area contributed by atoms with Crippen molar-refractivity contribution in [3.63, 3.8) is 0 Å². The largest absolute Gasteiger partial charge is 0.477 e. The average Bonchev–Trinajstić information content (AvgIpc) is 3.47. The molecule has 0 radical (unpaired) electrons. The van der Waals surface area contributed by atoms with Crippen LogP contribution < -0.4 is 11.2 Å². The fraction of sp³-hybridized carbons (Fsp3) is 0.167. The lowest BCUT2D eigenvalue weighted by atomic mass is 10.1. The summed E-state index contributed by atoms with van der Waals surface area (Å²) in [7, 11) is 0. The Bertz CT molecular complexity index is 1180. The van der Waals surface area contributed by atoms with Crippen molar-refractivity contribution in [1.29, 1.82) is 0 Å². The quantitative estimate of drug-likeness (QED) is 0.722. The van der Waals surface area contributed by atoms with Gasteiger partial charge in [-0.15, -0.1) is 0 Å². The van der Waals surface area contributed by atoms with Crippen LogP contribution >= 0.6 is 0 Å². The Hall–Kier alpha value is -3.62. The fourth-order valence-electron chi connectivity index (χ4n) is 2.95. The second-order valence-electron chi connectivity index (χ2n) is 6.30. The summed E-state index contributed by atoms with van der Waals surface area (Å²) in [5, 5.41) is 9.15. The SMILES string of the molecule is NC(=O)c1cc(-c2nc3c(cc2F)c(=O)c(C(=O)O)cn3C2CC2)ccn1. The van der Waals surface area contributed by atoms with Gasteiger partial charge in [0, 0.05) is 24.0 Å². The summed E-state index contributed by atoms with van der Waals surface area (Å²) in [4.78, 5) is 43.2. The maximum atomic E-state index is 14.7. The van der Waals surface area contributed by atoms with Crippen LogP contribution in [-0.2, 0) is 0 Å². The molecule has 0 bridgehead atoms. The third-order valence-corrected chi connectivity index (χ3v) is 4.41. The van der Waals surface area contributed by atoms with E-state index in [2.05, 4.69) is 9.97 Å². The molecule has 3 aromatic heterocycles. The number of halogens is 1. The van der Waals surface area contributed by atoms with Crippen molar-refractivity contribution >= 4 is 22.9 Å². The molecule has 3 N–H and O–H groups in total. The van der Waals surface area contributed by atoms with E-state index in [-0.39, 0.29) is 34.0 Å². The number of fused-ring (bicyclic) bond motifs is 1. The number of rotatable bonds is 4. The summed E-state index contributed by atoms with van der Waals surface area (Å²) in [6, 6.07) is 3.77. The van der Waals surface area contributed by atoms with E-state index in [1.54, 1.807) is 4.57 Å². The molecular weight excluding hydrogens is 355 g/mol. The molecule has 8 nitrogen and oxygen atoms in total. The van der Waals surface area contributed by atoms with E-state index in [4.69, 9.17) is 5.73 Å². The number of amides is 1. The number of hydrogen-bond donors (Lipinski definition) is 2. The van der Waals surface area contributed by atoms with Crippen LogP contribution in [0.3, 0.4) is 0 Å². The van der Waals surface area contributed by atoms with Crippen molar-refractivity contribution in [2.45, 2.75) is 18.9 Å². The maximum absolute atomic E-state index is 14.7. The summed E-state index contributed by atoms with van der Waals surface area (Å²) in [5.74, 6) is -2.95. The molecule has 9 heteroatoms. The summed E-state index contributed by atoms with van der Waals surface area (Å²) < 4.78 is 16.3. The number of carboxylic acid groups (broad SMARTS) is 1. The first-order valence-electron chi connectivity index (χ1n) is 8.11. The second kappa shape index (κ2) is 5.97. The lowest BCUT2D eigenvalue weighted by molar-refractivity contribution is 0.0694. The van der Waals surface area contributed by atoms with Crippen molar-refractivity contribution < 1.29 is 19.1 Å². The van der Waals surface area contributed by atoms with E-state index in [1.807, 2.05) is 0 Å². The van der Waals surface area contributed by atoms with Crippen LogP contribution in [0.25, 0.3) is 22.3 Å². The van der Waals surface area contributed by atoms with E-state index >= 15 is 0 Å². The van der Waals surface area contributed by atoms with Gasteiger partial charge in [0.2, 0.25) is 5.43 Å². The third kappa shape index (κ3) is 2.82. The number of primary amides is 1. The first-order chi connectivity index (χ1) is 12.9. The number of carbonyl (C=O) groups excluding carboxylic acids is 1. The highest BCUT2D eigenvalue weighted by Gasteiger charge is 2.28. The monoisotopic (exact) mass is 368 g/mol. The molecule has 0 spiro atoms. The van der Waals surface area contributed by atoms with E-state index in [9.17, 15) is 23.9 Å². The van der Waals surface area contributed by atoms with E-state index in [1.165, 1.54) is 24.5 Å². The van der Waals surface area contributed by atoms with Crippen molar-refractivity contribution in [3.8, 4) is 11.3 Å². The van der Waals surface area contributed by atoms with Gasteiger partial charge < -0.3 is 15.4 Å². The molecule has 0 aliphatic heterocycles. The minimum absolute atomic E-state index is 0.00984. The standard InChI is InChI=1S/C18H13FN4O4/c19-12-6-10-15(24)11(18(26)27)7-23(9-1-2-9)17(10)22-14(12)8-3-4-21-13(5-8)16(20)25/h3-7,9H,1-2H2,(H2,20,25)(H,26,27). The van der Waals surface area contributed by atoms with Crippen LogP contribution in [0.2, 0.25) is 0 Å². The molecule has 1 aliphatic carbocycles. The predicted octanol–water partition coefficient (Wildman–Crippen LogP) is 1.73. The van der Waals surface area contributed by atoms with Gasteiger partial charge in [0.15, 0.2) is 0 Å². The zero-order valence-electron chi connectivity index (χ0n) is 13.8. The maximum Gasteiger partial charge on any atom is 0.341 e. The van der Waals surface area contributed by atoms with Gasteiger partial charge in [-0.3, -0.25) is 14.6 Å². The molecule has 1 aliphatic rings. The minimum atomic E-state index is -1.37. The van der Waals surface area contributed by atoms with Gasteiger partial charge in [-0.05, 0) is 31.0 Å². The highest BCUT2D eigenvalue weighted by molar-refractivity contribution is 5.93. The first kappa shape index (κ1) is 16.8.